The van der Waals surface area contributed by atoms with Crippen molar-refractivity contribution >= 4 is 17.6 Å². The summed E-state index contributed by atoms with van der Waals surface area (Å²) in [4.78, 5) is 45.8. The summed E-state index contributed by atoms with van der Waals surface area (Å²) in [5, 5.41) is 5.96. The summed E-state index contributed by atoms with van der Waals surface area (Å²) < 4.78 is 19.2. The minimum Gasteiger partial charge on any atom is -0.443 e. The van der Waals surface area contributed by atoms with Crippen LogP contribution in [-0.4, -0.2) is 53.2 Å². The van der Waals surface area contributed by atoms with Gasteiger partial charge in [-0.3, -0.25) is 14.4 Å². The zero-order chi connectivity index (χ0) is 25.8. The predicted molar refractivity (Wildman–Crippen MR) is 132 cm³/mol. The Bertz CT molecular complexity index is 1090. The number of amides is 2. The van der Waals surface area contributed by atoms with Crippen LogP contribution < -0.4 is 10.6 Å². The highest BCUT2D eigenvalue weighted by Gasteiger charge is 2.41. The Morgan fingerprint density at radius 3 is 2.44 bits per heavy atom. The second-order valence-corrected chi connectivity index (χ2v) is 9.88. The molecule has 2 amide bonds. The molecule has 0 radical (unpaired) electrons. The van der Waals surface area contributed by atoms with Crippen molar-refractivity contribution in [1.82, 2.24) is 20.5 Å². The molecular weight excluding hydrogens is 463 g/mol. The van der Waals surface area contributed by atoms with E-state index in [0.29, 0.717) is 30.2 Å². The third kappa shape index (κ3) is 5.51. The molecule has 0 bridgehead atoms. The number of hydrogen-bond donors (Lipinski definition) is 2. The Kier molecular flexibility index (Phi) is 8.18. The van der Waals surface area contributed by atoms with E-state index in [1.165, 1.54) is 24.3 Å². The van der Waals surface area contributed by atoms with Crippen LogP contribution in [0.5, 0.6) is 0 Å². The van der Waals surface area contributed by atoms with Gasteiger partial charge in [-0.2, -0.15) is 0 Å². The molecule has 4 rings (SSSR count). The number of hydrogen-bond acceptors (Lipinski definition) is 6. The Morgan fingerprint density at radius 2 is 1.78 bits per heavy atom. The number of likely N-dealkylation sites (tertiary alicyclic amines) is 1. The molecule has 3 atom stereocenters. The molecule has 9 heteroatoms. The maximum absolute atomic E-state index is 13.9. The highest BCUT2D eigenvalue weighted by Crippen LogP contribution is 2.35. The summed E-state index contributed by atoms with van der Waals surface area (Å²) in [7, 11) is 1.72. The van der Waals surface area contributed by atoms with Gasteiger partial charge in [0.2, 0.25) is 23.5 Å². The number of aromatic nitrogens is 1. The molecular formula is C27H35FN4O4. The van der Waals surface area contributed by atoms with Crippen molar-refractivity contribution in [2.45, 2.75) is 76.9 Å². The van der Waals surface area contributed by atoms with E-state index in [0.717, 1.165) is 38.5 Å². The number of rotatable bonds is 8. The van der Waals surface area contributed by atoms with Crippen LogP contribution in [0.2, 0.25) is 0 Å². The number of carbonyl (C=O) groups excluding carboxylic acids is 3. The first-order valence-corrected chi connectivity index (χ1v) is 12.9. The molecule has 0 spiro atoms. The van der Waals surface area contributed by atoms with E-state index in [4.69, 9.17) is 4.42 Å². The number of halogens is 1. The first-order chi connectivity index (χ1) is 17.3. The van der Waals surface area contributed by atoms with E-state index in [-0.39, 0.29) is 29.2 Å². The molecule has 36 heavy (non-hydrogen) atoms. The molecule has 1 saturated carbocycles. The lowest BCUT2D eigenvalue weighted by molar-refractivity contribution is -0.140. The Morgan fingerprint density at radius 1 is 1.08 bits per heavy atom. The third-order valence-corrected chi connectivity index (χ3v) is 7.47. The van der Waals surface area contributed by atoms with Crippen LogP contribution in [0.1, 0.15) is 85.6 Å². The molecule has 194 valence electrons. The second kappa shape index (κ2) is 11.3. The fraction of sp³-hybridized carbons (Fsp3) is 0.556. The smallest absolute Gasteiger partial charge is 0.246 e. The number of aryl methyl sites for hydroxylation is 1. The van der Waals surface area contributed by atoms with Crippen molar-refractivity contribution in [3.63, 3.8) is 0 Å². The molecule has 2 aromatic rings. The predicted octanol–water partition coefficient (Wildman–Crippen LogP) is 3.69. The first kappa shape index (κ1) is 26.0. The van der Waals surface area contributed by atoms with Gasteiger partial charge in [-0.1, -0.05) is 19.3 Å². The summed E-state index contributed by atoms with van der Waals surface area (Å²) in [6.07, 6.45) is 6.47. The summed E-state index contributed by atoms with van der Waals surface area (Å²) in [5.74, 6) is -0.332. The maximum Gasteiger partial charge on any atom is 0.246 e. The molecule has 2 unspecified atom stereocenters. The van der Waals surface area contributed by atoms with E-state index < -0.39 is 23.9 Å². The van der Waals surface area contributed by atoms with Gasteiger partial charge in [-0.15, -0.1) is 0 Å². The molecule has 2 heterocycles. The van der Waals surface area contributed by atoms with E-state index in [1.807, 2.05) is 0 Å². The summed E-state index contributed by atoms with van der Waals surface area (Å²) >= 11 is 0. The molecule has 8 nitrogen and oxygen atoms in total. The maximum atomic E-state index is 13.9. The standard InChI is InChI=1S/C27H35FN4O4/c1-16(29-3)25(34)30-23(18-8-5-4-6-9-18)27(35)32-15-7-10-21(32)26-31-22(17(2)36-26)24(33)19-11-13-20(28)14-12-19/h11-14,16,18,21,23,29H,4-10,15H2,1-3H3,(H,30,34)/t16?,21?,23-/m0/s1. The van der Waals surface area contributed by atoms with Gasteiger partial charge in [0, 0.05) is 12.1 Å². The Hall–Kier alpha value is -3.07. The van der Waals surface area contributed by atoms with Gasteiger partial charge >= 0.3 is 0 Å². The molecule has 1 aliphatic carbocycles. The molecule has 2 aliphatic rings. The molecule has 1 aromatic carbocycles. The molecule has 1 saturated heterocycles. The van der Waals surface area contributed by atoms with E-state index >= 15 is 0 Å². The van der Waals surface area contributed by atoms with Gasteiger partial charge in [-0.05, 0) is 76.8 Å². The summed E-state index contributed by atoms with van der Waals surface area (Å²) in [6.45, 7) is 3.97. The minimum absolute atomic E-state index is 0.0856. The van der Waals surface area contributed by atoms with Gasteiger partial charge < -0.3 is 20.0 Å². The molecule has 1 aliphatic heterocycles. The molecule has 2 fully saturated rings. The monoisotopic (exact) mass is 498 g/mol. The van der Waals surface area contributed by atoms with Crippen molar-refractivity contribution in [1.29, 1.82) is 0 Å². The fourth-order valence-corrected chi connectivity index (χ4v) is 5.23. The van der Waals surface area contributed by atoms with Crippen LogP contribution in [0.25, 0.3) is 0 Å². The number of nitrogens with zero attached hydrogens (tertiary/aromatic N) is 2. The normalized spacial score (nSPS) is 20.2. The highest BCUT2D eigenvalue weighted by atomic mass is 19.1. The van der Waals surface area contributed by atoms with Crippen LogP contribution in [-0.2, 0) is 9.59 Å². The van der Waals surface area contributed by atoms with Gasteiger partial charge in [0.05, 0.1) is 6.04 Å². The lowest BCUT2D eigenvalue weighted by Crippen LogP contribution is -2.55. The van der Waals surface area contributed by atoms with Crippen molar-refractivity contribution in [2.75, 3.05) is 13.6 Å². The van der Waals surface area contributed by atoms with Gasteiger partial charge in [0.1, 0.15) is 23.7 Å². The average molecular weight is 499 g/mol. The number of likely N-dealkylation sites (N-methyl/N-ethyl adjacent to an activating group) is 1. The first-order valence-electron chi connectivity index (χ1n) is 12.9. The van der Waals surface area contributed by atoms with Crippen molar-refractivity contribution < 1.29 is 23.2 Å². The Labute approximate surface area is 211 Å². The molecule has 2 N–H and O–H groups in total. The number of oxazole rings is 1. The second-order valence-electron chi connectivity index (χ2n) is 9.88. The summed E-state index contributed by atoms with van der Waals surface area (Å²) in [6, 6.07) is 3.88. The number of ketones is 1. The van der Waals surface area contributed by atoms with Crippen LogP contribution >= 0.6 is 0 Å². The van der Waals surface area contributed by atoms with E-state index in [1.54, 1.807) is 25.8 Å². The van der Waals surface area contributed by atoms with Crippen LogP contribution in [0.4, 0.5) is 4.39 Å². The highest BCUT2D eigenvalue weighted by molar-refractivity contribution is 6.08. The lowest BCUT2D eigenvalue weighted by Gasteiger charge is -2.34. The van der Waals surface area contributed by atoms with Crippen LogP contribution in [0.15, 0.2) is 28.7 Å². The third-order valence-electron chi connectivity index (χ3n) is 7.47. The van der Waals surface area contributed by atoms with Gasteiger partial charge in [-0.25, -0.2) is 9.37 Å². The minimum atomic E-state index is -0.606. The number of nitrogens with one attached hydrogen (secondary N) is 2. The fourth-order valence-electron chi connectivity index (χ4n) is 5.23. The zero-order valence-electron chi connectivity index (χ0n) is 21.2. The number of carbonyl (C=O) groups is 3. The summed E-state index contributed by atoms with van der Waals surface area (Å²) in [5.41, 5.74) is 0.480. The van der Waals surface area contributed by atoms with Gasteiger partial charge in [0.25, 0.3) is 0 Å². The Balaban J connectivity index is 1.57. The van der Waals surface area contributed by atoms with Crippen molar-refractivity contribution in [3.05, 3.63) is 53.0 Å². The van der Waals surface area contributed by atoms with Crippen molar-refractivity contribution in [3.8, 4) is 0 Å². The lowest BCUT2D eigenvalue weighted by atomic mass is 9.83. The molecule has 1 aromatic heterocycles. The van der Waals surface area contributed by atoms with Crippen LogP contribution in [0.3, 0.4) is 0 Å². The average Bonchev–Trinajstić information content (AvgIpc) is 3.53. The topological polar surface area (TPSA) is 105 Å². The van der Waals surface area contributed by atoms with Crippen molar-refractivity contribution in [2.24, 2.45) is 5.92 Å². The zero-order valence-corrected chi connectivity index (χ0v) is 21.2. The quantitative estimate of drug-likeness (QED) is 0.538. The van der Waals surface area contributed by atoms with Gasteiger partial charge in [0.15, 0.2) is 5.69 Å². The number of benzene rings is 1. The largest absolute Gasteiger partial charge is 0.443 e. The van der Waals surface area contributed by atoms with E-state index in [2.05, 4.69) is 15.6 Å². The SMILES string of the molecule is CNC(C)C(=O)N[C@H](C(=O)N1CCCC1c1nc(C(=O)c2ccc(F)cc2)c(C)o1)C1CCCCC1. The van der Waals surface area contributed by atoms with Crippen LogP contribution in [0, 0.1) is 18.7 Å². The van der Waals surface area contributed by atoms with E-state index in [9.17, 15) is 18.8 Å².